The van der Waals surface area contributed by atoms with Crippen LogP contribution in [0.2, 0.25) is 0 Å². The lowest BCUT2D eigenvalue weighted by atomic mass is 10.1. The van der Waals surface area contributed by atoms with Crippen molar-refractivity contribution in [2.24, 2.45) is 0 Å². The molecule has 0 bridgehead atoms. The van der Waals surface area contributed by atoms with E-state index in [-0.39, 0.29) is 0 Å². The summed E-state index contributed by atoms with van der Waals surface area (Å²) >= 11 is 0. The van der Waals surface area contributed by atoms with E-state index in [9.17, 15) is 0 Å². The highest BCUT2D eigenvalue weighted by molar-refractivity contribution is 5.93. The van der Waals surface area contributed by atoms with Gasteiger partial charge in [-0.3, -0.25) is 5.10 Å². The van der Waals surface area contributed by atoms with Crippen molar-refractivity contribution in [1.29, 1.82) is 0 Å². The Hall–Kier alpha value is -2.07. The molecule has 2 heterocycles. The molecule has 0 saturated heterocycles. The Balaban J connectivity index is 2.04. The van der Waals surface area contributed by atoms with E-state index in [0.29, 0.717) is 0 Å². The zero-order valence-electron chi connectivity index (χ0n) is 11.2. The van der Waals surface area contributed by atoms with Gasteiger partial charge in [0.05, 0.1) is 5.69 Å². The zero-order chi connectivity index (χ0) is 13.2. The molecule has 2 aromatic heterocycles. The number of nitrogens with one attached hydrogen (secondary N) is 2. The Morgan fingerprint density at radius 3 is 3.00 bits per heavy atom. The van der Waals surface area contributed by atoms with Crippen molar-refractivity contribution in [2.45, 2.75) is 13.3 Å². The molecule has 0 radical (unpaired) electrons. The predicted molar refractivity (Wildman–Crippen MR) is 76.2 cm³/mol. The number of benzene rings is 1. The number of nitrogens with zero attached hydrogens (tertiary/aromatic N) is 1. The van der Waals surface area contributed by atoms with Crippen molar-refractivity contribution in [3.05, 3.63) is 41.8 Å². The first-order valence-electron chi connectivity index (χ1n) is 6.46. The third kappa shape index (κ3) is 2.04. The molecule has 4 nitrogen and oxygen atoms in total. The lowest BCUT2D eigenvalue weighted by molar-refractivity contribution is 0.616. The summed E-state index contributed by atoms with van der Waals surface area (Å²) in [6.07, 6.45) is 2.74. The lowest BCUT2D eigenvalue weighted by Gasteiger charge is -1.99. The van der Waals surface area contributed by atoms with Crippen LogP contribution in [0.4, 0.5) is 0 Å². The molecular formula is C15H17N3O. The van der Waals surface area contributed by atoms with Gasteiger partial charge in [0.2, 0.25) is 0 Å². The molecular weight excluding hydrogens is 238 g/mol. The van der Waals surface area contributed by atoms with Crippen molar-refractivity contribution in [3.63, 3.8) is 0 Å². The van der Waals surface area contributed by atoms with Crippen LogP contribution < -0.4 is 5.32 Å². The molecule has 3 aromatic rings. The Bertz CT molecular complexity index is 696. The van der Waals surface area contributed by atoms with Gasteiger partial charge in [0.25, 0.3) is 0 Å². The van der Waals surface area contributed by atoms with Gasteiger partial charge in [0.1, 0.15) is 11.8 Å². The van der Waals surface area contributed by atoms with Crippen molar-refractivity contribution in [1.82, 2.24) is 15.5 Å². The van der Waals surface area contributed by atoms with E-state index >= 15 is 0 Å². The maximum atomic E-state index is 5.58. The molecule has 4 heteroatoms. The van der Waals surface area contributed by atoms with Crippen LogP contribution in [0.3, 0.4) is 0 Å². The minimum absolute atomic E-state index is 0.900. The smallest absolute Gasteiger partial charge is 0.134 e. The standard InChI is InChI=1S/C15H17N3O/c1-10-13(7-8-16-2)17-18-15(10)12-9-19-14-6-4-3-5-11(12)14/h3-6,9,16H,7-8H2,1-2H3,(H,17,18). The summed E-state index contributed by atoms with van der Waals surface area (Å²) in [6, 6.07) is 8.04. The molecule has 0 aliphatic heterocycles. The van der Waals surface area contributed by atoms with Crippen molar-refractivity contribution < 1.29 is 4.42 Å². The minimum atomic E-state index is 0.900. The van der Waals surface area contributed by atoms with Gasteiger partial charge in [-0.15, -0.1) is 0 Å². The number of H-pyrrole nitrogens is 1. The quantitative estimate of drug-likeness (QED) is 0.753. The number of rotatable bonds is 4. The fraction of sp³-hybridized carbons (Fsp3) is 0.267. The molecule has 0 fully saturated rings. The molecule has 0 aliphatic carbocycles. The van der Waals surface area contributed by atoms with Crippen molar-refractivity contribution in [2.75, 3.05) is 13.6 Å². The summed E-state index contributed by atoms with van der Waals surface area (Å²) in [5.41, 5.74) is 5.31. The van der Waals surface area contributed by atoms with Gasteiger partial charge in [0, 0.05) is 29.6 Å². The Morgan fingerprint density at radius 2 is 2.16 bits per heavy atom. The fourth-order valence-electron chi connectivity index (χ4n) is 2.35. The van der Waals surface area contributed by atoms with Crippen LogP contribution in [-0.2, 0) is 6.42 Å². The Morgan fingerprint density at radius 1 is 1.32 bits per heavy atom. The highest BCUT2D eigenvalue weighted by Gasteiger charge is 2.15. The van der Waals surface area contributed by atoms with Crippen LogP contribution in [0.1, 0.15) is 11.3 Å². The van der Waals surface area contributed by atoms with Gasteiger partial charge in [-0.05, 0) is 25.6 Å². The number of furan rings is 1. The number of hydrogen-bond donors (Lipinski definition) is 2. The average molecular weight is 255 g/mol. The fourth-order valence-corrected chi connectivity index (χ4v) is 2.35. The monoisotopic (exact) mass is 255 g/mol. The van der Waals surface area contributed by atoms with Crippen LogP contribution in [-0.4, -0.2) is 23.8 Å². The first-order chi connectivity index (χ1) is 9.31. The number of para-hydroxylation sites is 1. The molecule has 0 atom stereocenters. The summed E-state index contributed by atoms with van der Waals surface area (Å²) in [5, 5.41) is 11.8. The summed E-state index contributed by atoms with van der Waals surface area (Å²) < 4.78 is 5.58. The van der Waals surface area contributed by atoms with Gasteiger partial charge in [0.15, 0.2) is 0 Å². The number of hydrogen-bond acceptors (Lipinski definition) is 3. The number of aromatic nitrogens is 2. The van der Waals surface area contributed by atoms with Crippen LogP contribution in [0.15, 0.2) is 34.9 Å². The summed E-state index contributed by atoms with van der Waals surface area (Å²) in [6.45, 7) is 3.04. The third-order valence-electron chi connectivity index (χ3n) is 3.47. The Kier molecular flexibility index (Phi) is 3.09. The van der Waals surface area contributed by atoms with Gasteiger partial charge in [-0.1, -0.05) is 18.2 Å². The van der Waals surface area contributed by atoms with Gasteiger partial charge in [-0.2, -0.15) is 5.10 Å². The highest BCUT2D eigenvalue weighted by Crippen LogP contribution is 2.31. The normalized spacial score (nSPS) is 11.3. The highest BCUT2D eigenvalue weighted by atomic mass is 16.3. The third-order valence-corrected chi connectivity index (χ3v) is 3.47. The Labute approximate surface area is 111 Å². The average Bonchev–Trinajstić information content (AvgIpc) is 3.00. The summed E-state index contributed by atoms with van der Waals surface area (Å²) in [7, 11) is 1.95. The van der Waals surface area contributed by atoms with Crippen molar-refractivity contribution >= 4 is 11.0 Å². The van der Waals surface area contributed by atoms with E-state index in [4.69, 9.17) is 4.42 Å². The van der Waals surface area contributed by atoms with Crippen LogP contribution in [0.5, 0.6) is 0 Å². The molecule has 0 amide bonds. The molecule has 2 N–H and O–H groups in total. The molecule has 98 valence electrons. The molecule has 3 rings (SSSR count). The number of aromatic amines is 1. The topological polar surface area (TPSA) is 53.9 Å². The largest absolute Gasteiger partial charge is 0.464 e. The maximum Gasteiger partial charge on any atom is 0.134 e. The van der Waals surface area contributed by atoms with E-state index in [1.54, 1.807) is 6.26 Å². The predicted octanol–water partition coefficient (Wildman–Crippen LogP) is 2.89. The first-order valence-corrected chi connectivity index (χ1v) is 6.46. The van der Waals surface area contributed by atoms with Gasteiger partial charge in [-0.25, -0.2) is 0 Å². The van der Waals surface area contributed by atoms with E-state index in [0.717, 1.165) is 35.2 Å². The van der Waals surface area contributed by atoms with E-state index in [1.807, 2.05) is 25.2 Å². The van der Waals surface area contributed by atoms with Crippen LogP contribution in [0.25, 0.3) is 22.2 Å². The van der Waals surface area contributed by atoms with Crippen molar-refractivity contribution in [3.8, 4) is 11.3 Å². The second kappa shape index (κ2) is 4.90. The summed E-state index contributed by atoms with van der Waals surface area (Å²) in [4.78, 5) is 0. The maximum absolute atomic E-state index is 5.58. The van der Waals surface area contributed by atoms with E-state index in [2.05, 4.69) is 28.5 Å². The zero-order valence-corrected chi connectivity index (χ0v) is 11.2. The van der Waals surface area contributed by atoms with E-state index < -0.39 is 0 Å². The van der Waals surface area contributed by atoms with Crippen LogP contribution in [0, 0.1) is 6.92 Å². The van der Waals surface area contributed by atoms with Gasteiger partial charge >= 0.3 is 0 Å². The number of likely N-dealkylation sites (N-methyl/N-ethyl adjacent to an activating group) is 1. The van der Waals surface area contributed by atoms with Crippen LogP contribution >= 0.6 is 0 Å². The molecule has 0 aliphatic rings. The second-order valence-electron chi connectivity index (χ2n) is 4.67. The first kappa shape index (κ1) is 12.0. The molecule has 0 spiro atoms. The second-order valence-corrected chi connectivity index (χ2v) is 4.67. The molecule has 0 unspecified atom stereocenters. The molecule has 1 aromatic carbocycles. The SMILES string of the molecule is CNCCc1[nH]nc(-c2coc3ccccc23)c1C. The molecule has 0 saturated carbocycles. The number of fused-ring (bicyclic) bond motifs is 1. The van der Waals surface area contributed by atoms with E-state index in [1.165, 1.54) is 11.3 Å². The minimum Gasteiger partial charge on any atom is -0.464 e. The molecule has 19 heavy (non-hydrogen) atoms. The van der Waals surface area contributed by atoms with Gasteiger partial charge < -0.3 is 9.73 Å². The summed E-state index contributed by atoms with van der Waals surface area (Å²) in [5.74, 6) is 0. The lowest BCUT2D eigenvalue weighted by Crippen LogP contribution is -2.11.